The van der Waals surface area contributed by atoms with Crippen molar-refractivity contribution in [1.82, 2.24) is 20.5 Å². The van der Waals surface area contributed by atoms with Gasteiger partial charge in [-0.05, 0) is 24.1 Å². The molecule has 6 heteroatoms. The number of nitrogens with zero attached hydrogens (tertiary/aromatic N) is 2. The first-order valence-electron chi connectivity index (χ1n) is 7.70. The van der Waals surface area contributed by atoms with Crippen LogP contribution >= 0.6 is 0 Å². The van der Waals surface area contributed by atoms with Crippen LogP contribution in [0.2, 0.25) is 0 Å². The first kappa shape index (κ1) is 15.9. The van der Waals surface area contributed by atoms with Gasteiger partial charge < -0.3 is 10.4 Å². The van der Waals surface area contributed by atoms with Crippen LogP contribution in [0.5, 0.6) is 0 Å². The van der Waals surface area contributed by atoms with Crippen LogP contribution in [0, 0.1) is 0 Å². The normalized spacial score (nSPS) is 11.9. The van der Waals surface area contributed by atoms with E-state index >= 15 is 0 Å². The van der Waals surface area contributed by atoms with Crippen molar-refractivity contribution in [3.63, 3.8) is 0 Å². The molecule has 0 saturated heterocycles. The van der Waals surface area contributed by atoms with E-state index in [9.17, 15) is 9.90 Å². The van der Waals surface area contributed by atoms with E-state index in [2.05, 4.69) is 20.5 Å². The van der Waals surface area contributed by atoms with Crippen LogP contribution in [0.3, 0.4) is 0 Å². The van der Waals surface area contributed by atoms with Crippen molar-refractivity contribution in [1.29, 1.82) is 0 Å². The zero-order valence-corrected chi connectivity index (χ0v) is 13.0. The highest BCUT2D eigenvalue weighted by atomic mass is 16.3. The van der Waals surface area contributed by atoms with E-state index in [0.717, 1.165) is 11.1 Å². The Hall–Kier alpha value is -2.99. The molecule has 1 aromatic heterocycles. The molecule has 3 N–H and O–H groups in total. The van der Waals surface area contributed by atoms with Gasteiger partial charge in [0.05, 0.1) is 6.04 Å². The molecule has 2 aromatic carbocycles. The summed E-state index contributed by atoms with van der Waals surface area (Å²) in [6, 6.07) is 16.5. The number of aliphatic hydroxyl groups excluding tert-OH is 1. The van der Waals surface area contributed by atoms with Gasteiger partial charge in [0.15, 0.2) is 5.82 Å². The zero-order valence-electron chi connectivity index (χ0n) is 13.0. The Balaban J connectivity index is 1.79. The molecule has 3 aromatic rings. The summed E-state index contributed by atoms with van der Waals surface area (Å²) in [7, 11) is 0. The summed E-state index contributed by atoms with van der Waals surface area (Å²) >= 11 is 0. The molecule has 0 radical (unpaired) electrons. The van der Waals surface area contributed by atoms with Crippen molar-refractivity contribution in [2.24, 2.45) is 0 Å². The molecule has 0 fully saturated rings. The number of aromatic nitrogens is 3. The van der Waals surface area contributed by atoms with Crippen LogP contribution in [-0.4, -0.2) is 32.8 Å². The van der Waals surface area contributed by atoms with Gasteiger partial charge in [-0.15, -0.1) is 0 Å². The van der Waals surface area contributed by atoms with Gasteiger partial charge in [0.2, 0.25) is 0 Å². The van der Waals surface area contributed by atoms with Crippen LogP contribution in [0.4, 0.5) is 0 Å². The number of hydrogen-bond donors (Lipinski definition) is 3. The SMILES string of the molecule is O=C(NC(CCO)c1ccccc1)c1cccc(-c2ncn[nH]2)c1. The summed E-state index contributed by atoms with van der Waals surface area (Å²) < 4.78 is 0. The molecule has 1 atom stereocenters. The number of rotatable bonds is 6. The number of carbonyl (C=O) groups excluding carboxylic acids is 1. The number of aliphatic hydroxyl groups is 1. The Kier molecular flexibility index (Phi) is 4.98. The highest BCUT2D eigenvalue weighted by molar-refractivity contribution is 5.95. The van der Waals surface area contributed by atoms with Gasteiger partial charge in [0.1, 0.15) is 6.33 Å². The van der Waals surface area contributed by atoms with Crippen LogP contribution < -0.4 is 5.32 Å². The lowest BCUT2D eigenvalue weighted by Gasteiger charge is -2.18. The van der Waals surface area contributed by atoms with E-state index in [1.165, 1.54) is 6.33 Å². The summed E-state index contributed by atoms with van der Waals surface area (Å²) in [4.78, 5) is 16.7. The maximum Gasteiger partial charge on any atom is 0.251 e. The van der Waals surface area contributed by atoms with Gasteiger partial charge in [-0.1, -0.05) is 42.5 Å². The zero-order chi connectivity index (χ0) is 16.8. The van der Waals surface area contributed by atoms with E-state index in [0.29, 0.717) is 17.8 Å². The number of H-pyrrole nitrogens is 1. The van der Waals surface area contributed by atoms with E-state index in [-0.39, 0.29) is 18.6 Å². The van der Waals surface area contributed by atoms with Crippen LogP contribution in [0.25, 0.3) is 11.4 Å². The maximum absolute atomic E-state index is 12.6. The summed E-state index contributed by atoms with van der Waals surface area (Å²) in [6.45, 7) is -0.00204. The number of hydrogen-bond acceptors (Lipinski definition) is 4. The van der Waals surface area contributed by atoms with E-state index in [1.54, 1.807) is 18.2 Å². The van der Waals surface area contributed by atoms with Crippen LogP contribution in [-0.2, 0) is 0 Å². The first-order valence-corrected chi connectivity index (χ1v) is 7.70. The Bertz CT molecular complexity index is 788. The van der Waals surface area contributed by atoms with E-state index in [1.807, 2.05) is 36.4 Å². The molecule has 0 spiro atoms. The predicted octanol–water partition coefficient (Wildman–Crippen LogP) is 2.33. The van der Waals surface area contributed by atoms with Crippen molar-refractivity contribution in [3.8, 4) is 11.4 Å². The van der Waals surface area contributed by atoms with Crippen LogP contribution in [0.1, 0.15) is 28.4 Å². The lowest BCUT2D eigenvalue weighted by Crippen LogP contribution is -2.29. The highest BCUT2D eigenvalue weighted by Gasteiger charge is 2.16. The molecule has 0 saturated carbocycles. The molecule has 1 unspecified atom stereocenters. The molecule has 3 rings (SSSR count). The molecule has 122 valence electrons. The van der Waals surface area contributed by atoms with E-state index in [4.69, 9.17) is 0 Å². The molecule has 24 heavy (non-hydrogen) atoms. The second kappa shape index (κ2) is 7.52. The Morgan fingerprint density at radius 2 is 2.00 bits per heavy atom. The topological polar surface area (TPSA) is 90.9 Å². The minimum atomic E-state index is -0.238. The highest BCUT2D eigenvalue weighted by Crippen LogP contribution is 2.19. The van der Waals surface area contributed by atoms with Gasteiger partial charge in [-0.2, -0.15) is 5.10 Å². The van der Waals surface area contributed by atoms with Crippen molar-refractivity contribution < 1.29 is 9.90 Å². The third-order valence-corrected chi connectivity index (χ3v) is 3.74. The molecule has 0 aliphatic carbocycles. The minimum absolute atomic E-state index is 0.00204. The molecule has 1 amide bonds. The van der Waals surface area contributed by atoms with E-state index < -0.39 is 0 Å². The third-order valence-electron chi connectivity index (χ3n) is 3.74. The lowest BCUT2D eigenvalue weighted by atomic mass is 10.0. The van der Waals surface area contributed by atoms with Crippen molar-refractivity contribution >= 4 is 5.91 Å². The molecule has 0 bridgehead atoms. The van der Waals surface area contributed by atoms with Gasteiger partial charge in [0.25, 0.3) is 5.91 Å². The first-order chi connectivity index (χ1) is 11.8. The molecule has 0 aliphatic rings. The number of amides is 1. The van der Waals surface area contributed by atoms with Crippen LogP contribution in [0.15, 0.2) is 60.9 Å². The van der Waals surface area contributed by atoms with Crippen molar-refractivity contribution in [2.75, 3.05) is 6.61 Å². The quantitative estimate of drug-likeness (QED) is 0.649. The molecule has 1 heterocycles. The lowest BCUT2D eigenvalue weighted by molar-refractivity contribution is 0.0930. The summed E-state index contributed by atoms with van der Waals surface area (Å²) in [5, 5.41) is 18.9. The molecular weight excluding hydrogens is 304 g/mol. The minimum Gasteiger partial charge on any atom is -0.396 e. The van der Waals surface area contributed by atoms with Gasteiger partial charge >= 0.3 is 0 Å². The van der Waals surface area contributed by atoms with Gasteiger partial charge in [-0.3, -0.25) is 9.89 Å². The van der Waals surface area contributed by atoms with Crippen molar-refractivity contribution in [3.05, 3.63) is 72.1 Å². The number of nitrogens with one attached hydrogen (secondary N) is 2. The Morgan fingerprint density at radius 1 is 1.17 bits per heavy atom. The average molecular weight is 322 g/mol. The molecule has 0 aliphatic heterocycles. The summed E-state index contributed by atoms with van der Waals surface area (Å²) in [6.07, 6.45) is 1.88. The van der Waals surface area contributed by atoms with Crippen molar-refractivity contribution in [2.45, 2.75) is 12.5 Å². The predicted molar refractivity (Wildman–Crippen MR) is 90.2 cm³/mol. The number of benzene rings is 2. The molecular formula is C18H18N4O2. The Labute approximate surface area is 139 Å². The number of aromatic amines is 1. The fourth-order valence-electron chi connectivity index (χ4n) is 2.53. The second-order valence-electron chi connectivity index (χ2n) is 5.36. The smallest absolute Gasteiger partial charge is 0.251 e. The fraction of sp³-hybridized carbons (Fsp3) is 0.167. The maximum atomic E-state index is 12.6. The summed E-state index contributed by atoms with van der Waals surface area (Å²) in [5.41, 5.74) is 2.28. The average Bonchev–Trinajstić information content (AvgIpc) is 3.17. The third kappa shape index (κ3) is 3.67. The fourth-order valence-corrected chi connectivity index (χ4v) is 2.53. The second-order valence-corrected chi connectivity index (χ2v) is 5.36. The standard InChI is InChI=1S/C18H18N4O2/c23-10-9-16(13-5-2-1-3-6-13)21-18(24)15-8-4-7-14(11-15)17-19-12-20-22-17/h1-8,11-12,16,23H,9-10H2,(H,21,24)(H,19,20,22). The largest absolute Gasteiger partial charge is 0.396 e. The van der Waals surface area contributed by atoms with Gasteiger partial charge in [0, 0.05) is 17.7 Å². The number of carbonyl (C=O) groups is 1. The Morgan fingerprint density at radius 3 is 2.71 bits per heavy atom. The molecule has 6 nitrogen and oxygen atoms in total. The summed E-state index contributed by atoms with van der Waals surface area (Å²) in [5.74, 6) is 0.415. The monoisotopic (exact) mass is 322 g/mol. The van der Waals surface area contributed by atoms with Gasteiger partial charge in [-0.25, -0.2) is 4.98 Å².